The van der Waals surface area contributed by atoms with E-state index in [2.05, 4.69) is 10.1 Å². The number of amides is 1. The smallest absolute Gasteiger partial charge is 0.303 e. The molecule has 0 rings (SSSR count). The van der Waals surface area contributed by atoms with Gasteiger partial charge in [0, 0.05) is 0 Å². The van der Waals surface area contributed by atoms with Crippen LogP contribution in [0.3, 0.4) is 0 Å². The first-order chi connectivity index (χ1) is 5.20. The Morgan fingerprint density at radius 3 is 3.00 bits per heavy atom. The maximum atomic E-state index is 10.5. The number of hydrogen-bond donors (Lipinski definition) is 2. The van der Waals surface area contributed by atoms with Crippen molar-refractivity contribution >= 4 is 5.91 Å². The van der Waals surface area contributed by atoms with Crippen molar-refractivity contribution in [1.82, 2.24) is 5.43 Å². The monoisotopic (exact) mass is 162 g/mol. The number of nitrogens with one attached hydrogen (secondary N) is 1. The summed E-state index contributed by atoms with van der Waals surface area (Å²) in [5.41, 5.74) is 1.78. The number of nitrogens with two attached hydrogens (primary N) is 1. The summed E-state index contributed by atoms with van der Waals surface area (Å²) in [6.07, 6.45) is 0. The number of rotatable bonds is 4. The summed E-state index contributed by atoms with van der Waals surface area (Å²) >= 11 is 0. The number of hydroxylamine groups is 1. The van der Waals surface area contributed by atoms with Crippen LogP contribution in [0.2, 0.25) is 0 Å². The lowest BCUT2D eigenvalue weighted by Crippen LogP contribution is -2.35. The lowest BCUT2D eigenvalue weighted by molar-refractivity contribution is -0.548. The minimum atomic E-state index is -0.622. The van der Waals surface area contributed by atoms with Crippen LogP contribution >= 0.6 is 0 Å². The quantitative estimate of drug-likeness (QED) is 0.180. The van der Waals surface area contributed by atoms with E-state index in [4.69, 9.17) is 5.84 Å². The molecule has 1 amide bonds. The minimum Gasteiger partial charge on any atom is -0.597 e. The van der Waals surface area contributed by atoms with Gasteiger partial charge in [0.05, 0.1) is 0 Å². The van der Waals surface area contributed by atoms with Gasteiger partial charge in [-0.1, -0.05) is 0 Å². The maximum absolute atomic E-state index is 10.5. The Bertz CT molecular complexity index is 157. The summed E-state index contributed by atoms with van der Waals surface area (Å²) < 4.78 is 0. The maximum Gasteiger partial charge on any atom is 0.303 e. The molecule has 0 aliphatic carbocycles. The normalized spacial score (nSPS) is 10.9. The Hall–Kier alpha value is -1.37. The molecule has 0 saturated heterocycles. The van der Waals surface area contributed by atoms with E-state index >= 15 is 0 Å². The molecule has 0 fully saturated rings. The van der Waals surface area contributed by atoms with Crippen molar-refractivity contribution in [1.29, 1.82) is 0 Å². The van der Waals surface area contributed by atoms with Gasteiger partial charge in [0.25, 0.3) is 6.54 Å². The number of nitrogens with zero attached hydrogens (tertiary/aromatic N) is 2. The lowest BCUT2D eigenvalue weighted by atomic mass is 10.6. The van der Waals surface area contributed by atoms with Crippen molar-refractivity contribution in [2.45, 2.75) is 6.92 Å². The fraction of sp³-hybridized carbons (Fsp3) is 0.750. The molecule has 0 spiro atoms. The van der Waals surface area contributed by atoms with Crippen molar-refractivity contribution in [3.8, 4) is 0 Å². The standard InChI is InChI=1S/C4H10N4O3/c1-2-11-7-8(10)3-4(9)6-5/h2-3,5H2,1H3,(H,6,9)/b8-7+. The minimum absolute atomic E-state index is 0.103. The second-order valence-corrected chi connectivity index (χ2v) is 1.58. The number of hydrogen-bond acceptors (Lipinski definition) is 5. The third-order valence-corrected chi connectivity index (χ3v) is 0.718. The summed E-state index contributed by atoms with van der Waals surface area (Å²) in [4.78, 5) is 14.9. The van der Waals surface area contributed by atoms with Crippen LogP contribution in [0, 0.1) is 5.21 Å². The third kappa shape index (κ3) is 5.09. The van der Waals surface area contributed by atoms with E-state index in [0.717, 1.165) is 0 Å². The van der Waals surface area contributed by atoms with Gasteiger partial charge in [-0.15, -0.1) is 0 Å². The molecular weight excluding hydrogens is 152 g/mol. The summed E-state index contributed by atoms with van der Waals surface area (Å²) in [6.45, 7) is 1.49. The molecule has 0 heterocycles. The van der Waals surface area contributed by atoms with Gasteiger partial charge in [-0.2, -0.15) is 0 Å². The average molecular weight is 162 g/mol. The molecule has 0 aliphatic heterocycles. The highest BCUT2D eigenvalue weighted by atomic mass is 16.7. The first kappa shape index (κ1) is 9.63. The van der Waals surface area contributed by atoms with Crippen molar-refractivity contribution in [2.24, 2.45) is 11.1 Å². The first-order valence-electron chi connectivity index (χ1n) is 2.97. The number of carbonyl (C=O) groups excluding carboxylic acids is 1. The van der Waals surface area contributed by atoms with Crippen LogP contribution in [0.25, 0.3) is 0 Å². The van der Waals surface area contributed by atoms with E-state index in [1.54, 1.807) is 12.3 Å². The van der Waals surface area contributed by atoms with Gasteiger partial charge in [-0.3, -0.25) is 10.2 Å². The fourth-order valence-electron chi connectivity index (χ4n) is 0.319. The van der Waals surface area contributed by atoms with Crippen molar-refractivity contribution in [3.63, 3.8) is 0 Å². The summed E-state index contributed by atoms with van der Waals surface area (Å²) in [5.74, 6) is 4.08. The molecule has 3 N–H and O–H groups in total. The molecule has 0 aromatic rings. The second kappa shape index (κ2) is 5.42. The Morgan fingerprint density at radius 2 is 2.55 bits per heavy atom. The first-order valence-corrected chi connectivity index (χ1v) is 2.97. The molecule has 0 aromatic heterocycles. The molecule has 7 heteroatoms. The predicted molar refractivity (Wildman–Crippen MR) is 34.9 cm³/mol. The van der Waals surface area contributed by atoms with Gasteiger partial charge < -0.3 is 10.0 Å². The van der Waals surface area contributed by atoms with Crippen LogP contribution in [-0.2, 0) is 9.63 Å². The largest absolute Gasteiger partial charge is 0.597 e. The van der Waals surface area contributed by atoms with Crippen molar-refractivity contribution < 1.29 is 14.5 Å². The van der Waals surface area contributed by atoms with E-state index in [1.807, 2.05) is 0 Å². The fourth-order valence-corrected chi connectivity index (χ4v) is 0.319. The highest BCUT2D eigenvalue weighted by molar-refractivity contribution is 5.76. The van der Waals surface area contributed by atoms with Gasteiger partial charge in [0.1, 0.15) is 6.61 Å². The predicted octanol–water partition coefficient (Wildman–Crippen LogP) is -1.11. The van der Waals surface area contributed by atoms with Crippen LogP contribution in [0.1, 0.15) is 6.92 Å². The average Bonchev–Trinajstić information content (AvgIpc) is 2.00. The van der Waals surface area contributed by atoms with Crippen molar-refractivity contribution in [2.75, 3.05) is 13.2 Å². The zero-order chi connectivity index (χ0) is 8.69. The van der Waals surface area contributed by atoms with E-state index in [9.17, 15) is 10.0 Å². The second-order valence-electron chi connectivity index (χ2n) is 1.58. The van der Waals surface area contributed by atoms with Crippen LogP contribution in [-0.4, -0.2) is 23.9 Å². The highest BCUT2D eigenvalue weighted by Crippen LogP contribution is 1.78. The lowest BCUT2D eigenvalue weighted by Gasteiger charge is -1.97. The van der Waals surface area contributed by atoms with Crippen LogP contribution in [0.5, 0.6) is 0 Å². The molecule has 0 aromatic carbocycles. The van der Waals surface area contributed by atoms with Crippen molar-refractivity contribution in [3.05, 3.63) is 5.21 Å². The molecule has 0 bridgehead atoms. The summed E-state index contributed by atoms with van der Waals surface area (Å²) in [6, 6.07) is 0. The number of carbonyl (C=O) groups is 1. The van der Waals surface area contributed by atoms with E-state index < -0.39 is 12.5 Å². The van der Waals surface area contributed by atoms with Crippen LogP contribution in [0.4, 0.5) is 0 Å². The Labute approximate surface area is 63.3 Å². The van der Waals surface area contributed by atoms with E-state index in [0.29, 0.717) is 0 Å². The highest BCUT2D eigenvalue weighted by Gasteiger charge is 2.04. The van der Waals surface area contributed by atoms with Crippen LogP contribution in [0.15, 0.2) is 5.28 Å². The van der Waals surface area contributed by atoms with Crippen LogP contribution < -0.4 is 11.3 Å². The Balaban J connectivity index is 3.66. The molecule has 0 atom stereocenters. The number of hydrazine groups is 1. The molecule has 0 aliphatic rings. The van der Waals surface area contributed by atoms with Gasteiger partial charge in [-0.05, 0) is 11.8 Å². The Morgan fingerprint density at radius 1 is 1.91 bits per heavy atom. The van der Waals surface area contributed by atoms with E-state index in [-0.39, 0.29) is 11.5 Å². The molecular formula is C4H10N4O3. The SMILES string of the molecule is CCO/N=[N+](/[O-])CC(=O)NN. The molecule has 0 saturated carbocycles. The molecule has 64 valence electrons. The topological polar surface area (TPSA) is 103 Å². The van der Waals surface area contributed by atoms with E-state index in [1.165, 1.54) is 0 Å². The zero-order valence-corrected chi connectivity index (χ0v) is 6.11. The Kier molecular flexibility index (Phi) is 4.74. The van der Waals surface area contributed by atoms with Gasteiger partial charge >= 0.3 is 5.91 Å². The molecule has 11 heavy (non-hydrogen) atoms. The third-order valence-electron chi connectivity index (χ3n) is 0.718. The van der Waals surface area contributed by atoms with Gasteiger partial charge in [-0.25, -0.2) is 5.84 Å². The molecule has 0 unspecified atom stereocenters. The summed E-state index contributed by atoms with van der Waals surface area (Å²) in [7, 11) is 0. The van der Waals surface area contributed by atoms with Gasteiger partial charge in [0.2, 0.25) is 0 Å². The molecule has 7 nitrogen and oxygen atoms in total. The van der Waals surface area contributed by atoms with Gasteiger partial charge in [0.15, 0.2) is 5.28 Å². The molecule has 0 radical (unpaired) electrons. The summed E-state index contributed by atoms with van der Waals surface area (Å²) in [5, 5.41) is 13.5. The zero-order valence-electron chi connectivity index (χ0n) is 6.11.